The molecule has 102 valence electrons. The highest BCUT2D eigenvalue weighted by Crippen LogP contribution is 2.21. The third-order valence-electron chi connectivity index (χ3n) is 2.81. The summed E-state index contributed by atoms with van der Waals surface area (Å²) in [6, 6.07) is 13.0. The Hall–Kier alpha value is -2.07. The van der Waals surface area contributed by atoms with Crippen molar-refractivity contribution in [1.82, 2.24) is 0 Å². The number of aliphatic carboxylic acids is 1. The Balaban J connectivity index is 2.39. The minimum atomic E-state index is -1.04. The first-order valence-electron chi connectivity index (χ1n) is 5.95. The predicted octanol–water partition coefficient (Wildman–Crippen LogP) is 4.17. The average Bonchev–Trinajstić information content (AvgIpc) is 2.46. The number of benzene rings is 2. The number of halogens is 1. The first-order valence-corrected chi connectivity index (χ1v) is 7.17. The number of rotatable bonds is 4. The number of hydrogen-bond donors (Lipinski definition) is 1. The Labute approximate surface area is 121 Å². The maximum Gasteiger partial charge on any atom is 0.336 e. The maximum atomic E-state index is 12.9. The number of carbonyl (C=O) groups is 1. The molecule has 2 aromatic carbocycles. The summed E-state index contributed by atoms with van der Waals surface area (Å²) in [6.45, 7) is 0. The lowest BCUT2D eigenvalue weighted by Crippen LogP contribution is -1.99. The van der Waals surface area contributed by atoms with Gasteiger partial charge in [-0.25, -0.2) is 9.18 Å². The Morgan fingerprint density at radius 1 is 1.10 bits per heavy atom. The minimum absolute atomic E-state index is 0.141. The summed E-state index contributed by atoms with van der Waals surface area (Å²) in [5.41, 5.74) is 1.42. The molecule has 0 saturated carbocycles. The summed E-state index contributed by atoms with van der Waals surface area (Å²) in [7, 11) is 0. The van der Waals surface area contributed by atoms with Crippen LogP contribution in [0, 0.1) is 5.82 Å². The van der Waals surface area contributed by atoms with Crippen molar-refractivity contribution in [3.63, 3.8) is 0 Å². The predicted molar refractivity (Wildman–Crippen MR) is 80.1 cm³/mol. The normalized spacial score (nSPS) is 11.4. The minimum Gasteiger partial charge on any atom is -0.478 e. The molecule has 0 aliphatic carbocycles. The zero-order valence-electron chi connectivity index (χ0n) is 10.8. The lowest BCUT2D eigenvalue weighted by molar-refractivity contribution is -0.130. The van der Waals surface area contributed by atoms with Gasteiger partial charge in [0.05, 0.1) is 5.57 Å². The first kappa shape index (κ1) is 14.3. The molecule has 0 heterocycles. The molecule has 0 saturated heterocycles. The van der Waals surface area contributed by atoms with Crippen LogP contribution in [0.5, 0.6) is 0 Å². The summed E-state index contributed by atoms with van der Waals surface area (Å²) in [4.78, 5) is 12.5. The van der Waals surface area contributed by atoms with Gasteiger partial charge in [0.2, 0.25) is 0 Å². The molecular formula is C16H13FO2S. The van der Waals surface area contributed by atoms with E-state index in [1.54, 1.807) is 17.8 Å². The van der Waals surface area contributed by atoms with Crippen molar-refractivity contribution >= 4 is 29.4 Å². The fraction of sp³-hybridized carbons (Fsp3) is 0.0625. The van der Waals surface area contributed by atoms with Crippen LogP contribution in [0.3, 0.4) is 0 Å². The van der Waals surface area contributed by atoms with Gasteiger partial charge in [0.15, 0.2) is 0 Å². The standard InChI is InChI=1S/C16H13FO2S/c1-20-14-8-2-11(3-9-14)10-15(16(18)19)12-4-6-13(17)7-5-12/h2-10H,1H3,(H,18,19)/b15-10-. The van der Waals surface area contributed by atoms with E-state index in [-0.39, 0.29) is 11.4 Å². The quantitative estimate of drug-likeness (QED) is 0.521. The van der Waals surface area contributed by atoms with Gasteiger partial charge in [-0.1, -0.05) is 24.3 Å². The number of carboxylic acids is 1. The van der Waals surface area contributed by atoms with Crippen molar-refractivity contribution in [2.24, 2.45) is 0 Å². The zero-order valence-corrected chi connectivity index (χ0v) is 11.7. The van der Waals surface area contributed by atoms with E-state index in [0.717, 1.165) is 10.5 Å². The average molecular weight is 288 g/mol. The van der Waals surface area contributed by atoms with Crippen LogP contribution in [-0.4, -0.2) is 17.3 Å². The lowest BCUT2D eigenvalue weighted by Gasteiger charge is -2.04. The summed E-state index contributed by atoms with van der Waals surface area (Å²) >= 11 is 1.62. The summed E-state index contributed by atoms with van der Waals surface area (Å²) in [5.74, 6) is -1.42. The fourth-order valence-corrected chi connectivity index (χ4v) is 2.17. The largest absolute Gasteiger partial charge is 0.478 e. The van der Waals surface area contributed by atoms with E-state index >= 15 is 0 Å². The summed E-state index contributed by atoms with van der Waals surface area (Å²) in [5, 5.41) is 9.29. The van der Waals surface area contributed by atoms with E-state index in [1.165, 1.54) is 24.3 Å². The second kappa shape index (κ2) is 6.39. The van der Waals surface area contributed by atoms with E-state index in [0.29, 0.717) is 5.56 Å². The monoisotopic (exact) mass is 288 g/mol. The van der Waals surface area contributed by atoms with Crippen molar-refractivity contribution < 1.29 is 14.3 Å². The second-order valence-electron chi connectivity index (χ2n) is 4.14. The molecule has 0 aliphatic rings. The maximum absolute atomic E-state index is 12.9. The molecule has 2 rings (SSSR count). The van der Waals surface area contributed by atoms with E-state index < -0.39 is 5.97 Å². The van der Waals surface area contributed by atoms with Gasteiger partial charge >= 0.3 is 5.97 Å². The van der Waals surface area contributed by atoms with Gasteiger partial charge in [-0.05, 0) is 47.7 Å². The van der Waals surface area contributed by atoms with Crippen LogP contribution in [0.4, 0.5) is 4.39 Å². The fourth-order valence-electron chi connectivity index (χ4n) is 1.76. The van der Waals surface area contributed by atoms with Gasteiger partial charge in [0, 0.05) is 4.90 Å². The van der Waals surface area contributed by atoms with Gasteiger partial charge in [-0.15, -0.1) is 11.8 Å². The molecule has 0 bridgehead atoms. The van der Waals surface area contributed by atoms with Crippen molar-refractivity contribution in [2.45, 2.75) is 4.90 Å². The molecule has 0 atom stereocenters. The molecule has 0 aromatic heterocycles. The van der Waals surface area contributed by atoms with Crippen LogP contribution < -0.4 is 0 Å². The van der Waals surface area contributed by atoms with Gasteiger partial charge in [0.25, 0.3) is 0 Å². The number of hydrogen-bond acceptors (Lipinski definition) is 2. The van der Waals surface area contributed by atoms with Crippen LogP contribution in [0.25, 0.3) is 11.6 Å². The van der Waals surface area contributed by atoms with Crippen LogP contribution in [0.15, 0.2) is 53.4 Å². The molecule has 0 spiro atoms. The molecule has 20 heavy (non-hydrogen) atoms. The highest BCUT2D eigenvalue weighted by atomic mass is 32.2. The molecule has 0 amide bonds. The summed E-state index contributed by atoms with van der Waals surface area (Å²) < 4.78 is 12.9. The second-order valence-corrected chi connectivity index (χ2v) is 5.02. The molecule has 0 fully saturated rings. The van der Waals surface area contributed by atoms with Crippen molar-refractivity contribution in [1.29, 1.82) is 0 Å². The summed E-state index contributed by atoms with van der Waals surface area (Å²) in [6.07, 6.45) is 3.56. The lowest BCUT2D eigenvalue weighted by atomic mass is 10.0. The van der Waals surface area contributed by atoms with Crippen LogP contribution in [-0.2, 0) is 4.79 Å². The van der Waals surface area contributed by atoms with E-state index in [1.807, 2.05) is 30.5 Å². The van der Waals surface area contributed by atoms with E-state index in [2.05, 4.69) is 0 Å². The number of thioether (sulfide) groups is 1. The Morgan fingerprint density at radius 3 is 2.20 bits per heavy atom. The number of carboxylic acid groups (broad SMARTS) is 1. The van der Waals surface area contributed by atoms with Crippen molar-refractivity contribution in [3.05, 3.63) is 65.5 Å². The van der Waals surface area contributed by atoms with Crippen LogP contribution >= 0.6 is 11.8 Å². The van der Waals surface area contributed by atoms with Gasteiger partial charge in [0.1, 0.15) is 5.82 Å². The molecule has 2 nitrogen and oxygen atoms in total. The van der Waals surface area contributed by atoms with Crippen molar-refractivity contribution in [3.8, 4) is 0 Å². The van der Waals surface area contributed by atoms with Gasteiger partial charge in [-0.2, -0.15) is 0 Å². The van der Waals surface area contributed by atoms with Crippen LogP contribution in [0.1, 0.15) is 11.1 Å². The molecule has 0 radical (unpaired) electrons. The third kappa shape index (κ3) is 3.48. The SMILES string of the molecule is CSc1ccc(/C=C(\C(=O)O)c2ccc(F)cc2)cc1. The van der Waals surface area contributed by atoms with Gasteiger partial charge in [-0.3, -0.25) is 0 Å². The highest BCUT2D eigenvalue weighted by Gasteiger charge is 2.10. The van der Waals surface area contributed by atoms with E-state index in [9.17, 15) is 14.3 Å². The molecule has 2 aromatic rings. The van der Waals surface area contributed by atoms with E-state index in [4.69, 9.17) is 0 Å². The van der Waals surface area contributed by atoms with Gasteiger partial charge < -0.3 is 5.11 Å². The van der Waals surface area contributed by atoms with Crippen LogP contribution in [0.2, 0.25) is 0 Å². The highest BCUT2D eigenvalue weighted by molar-refractivity contribution is 7.98. The Kier molecular flexibility index (Phi) is 4.58. The molecule has 0 unspecified atom stereocenters. The Bertz CT molecular complexity index is 631. The molecule has 4 heteroatoms. The van der Waals surface area contributed by atoms with Crippen molar-refractivity contribution in [2.75, 3.05) is 6.26 Å². The topological polar surface area (TPSA) is 37.3 Å². The molecular weight excluding hydrogens is 275 g/mol. The zero-order chi connectivity index (χ0) is 14.5. The molecule has 0 aliphatic heterocycles. The first-order chi connectivity index (χ1) is 9.60. The smallest absolute Gasteiger partial charge is 0.336 e. The molecule has 1 N–H and O–H groups in total. The Morgan fingerprint density at radius 2 is 1.70 bits per heavy atom. The third-order valence-corrected chi connectivity index (χ3v) is 3.56.